The van der Waals surface area contributed by atoms with E-state index in [1.807, 2.05) is 12.1 Å². The molecule has 0 radical (unpaired) electrons. The standard InChI is InChI=1S/C11H13NO2/c1-2-3-8-14-11-7-5-4-6-10(11)12-9-13/h4-7H,2-3,8H2,1H3. The summed E-state index contributed by atoms with van der Waals surface area (Å²) in [5.74, 6) is 0.643. The van der Waals surface area contributed by atoms with E-state index in [0.29, 0.717) is 18.0 Å². The third-order valence-electron chi connectivity index (χ3n) is 1.79. The fourth-order valence-corrected chi connectivity index (χ4v) is 1.05. The average molecular weight is 191 g/mol. The Labute approximate surface area is 83.4 Å². The Hall–Kier alpha value is -1.60. The van der Waals surface area contributed by atoms with E-state index in [0.717, 1.165) is 12.8 Å². The zero-order valence-electron chi connectivity index (χ0n) is 8.19. The van der Waals surface area contributed by atoms with Crippen LogP contribution in [0.3, 0.4) is 0 Å². The van der Waals surface area contributed by atoms with E-state index in [1.165, 1.54) is 6.08 Å². The number of ether oxygens (including phenoxy) is 1. The van der Waals surface area contributed by atoms with Crippen molar-refractivity contribution in [2.24, 2.45) is 4.99 Å². The van der Waals surface area contributed by atoms with Crippen LogP contribution in [0.15, 0.2) is 29.3 Å². The number of unbranched alkanes of at least 4 members (excludes halogenated alkanes) is 1. The van der Waals surface area contributed by atoms with E-state index in [4.69, 9.17) is 4.74 Å². The average Bonchev–Trinajstić information content (AvgIpc) is 2.21. The molecule has 1 aromatic carbocycles. The van der Waals surface area contributed by atoms with Crippen molar-refractivity contribution in [1.82, 2.24) is 0 Å². The quantitative estimate of drug-likeness (QED) is 0.408. The molecule has 3 nitrogen and oxygen atoms in total. The van der Waals surface area contributed by atoms with Gasteiger partial charge in [-0.3, -0.25) is 0 Å². The molecule has 14 heavy (non-hydrogen) atoms. The van der Waals surface area contributed by atoms with Crippen molar-refractivity contribution < 1.29 is 9.53 Å². The molecular weight excluding hydrogens is 178 g/mol. The molecule has 0 saturated heterocycles. The Morgan fingerprint density at radius 1 is 1.43 bits per heavy atom. The third kappa shape index (κ3) is 3.04. The van der Waals surface area contributed by atoms with Gasteiger partial charge in [0.2, 0.25) is 6.08 Å². The van der Waals surface area contributed by atoms with E-state index < -0.39 is 0 Å². The van der Waals surface area contributed by atoms with E-state index in [2.05, 4.69) is 11.9 Å². The van der Waals surface area contributed by atoms with Crippen LogP contribution in [0, 0.1) is 0 Å². The largest absolute Gasteiger partial charge is 0.491 e. The number of benzene rings is 1. The van der Waals surface area contributed by atoms with Crippen LogP contribution in [-0.4, -0.2) is 12.7 Å². The van der Waals surface area contributed by atoms with Crippen LogP contribution >= 0.6 is 0 Å². The molecule has 0 bridgehead atoms. The van der Waals surface area contributed by atoms with Crippen molar-refractivity contribution >= 4 is 11.8 Å². The highest BCUT2D eigenvalue weighted by atomic mass is 16.5. The van der Waals surface area contributed by atoms with Gasteiger partial charge in [-0.05, 0) is 18.6 Å². The van der Waals surface area contributed by atoms with Gasteiger partial charge in [0.15, 0.2) is 0 Å². The first kappa shape index (κ1) is 10.5. The highest BCUT2D eigenvalue weighted by molar-refractivity contribution is 5.57. The summed E-state index contributed by atoms with van der Waals surface area (Å²) in [7, 11) is 0. The Morgan fingerprint density at radius 2 is 2.21 bits per heavy atom. The SMILES string of the molecule is CCCCOc1ccccc1N=C=O. The molecule has 0 amide bonds. The zero-order valence-corrected chi connectivity index (χ0v) is 8.19. The van der Waals surface area contributed by atoms with Crippen molar-refractivity contribution in [2.45, 2.75) is 19.8 Å². The summed E-state index contributed by atoms with van der Waals surface area (Å²) < 4.78 is 5.46. The van der Waals surface area contributed by atoms with E-state index in [-0.39, 0.29) is 0 Å². The minimum atomic E-state index is 0.540. The predicted molar refractivity (Wildman–Crippen MR) is 54.6 cm³/mol. The van der Waals surface area contributed by atoms with Crippen molar-refractivity contribution in [1.29, 1.82) is 0 Å². The summed E-state index contributed by atoms with van der Waals surface area (Å²) in [5, 5.41) is 0. The molecular formula is C11H13NO2. The first-order valence-electron chi connectivity index (χ1n) is 4.68. The second-order valence-electron chi connectivity index (χ2n) is 2.87. The van der Waals surface area contributed by atoms with E-state index in [9.17, 15) is 4.79 Å². The molecule has 0 heterocycles. The molecule has 0 aliphatic carbocycles. The number of carbonyl (C=O) groups excluding carboxylic acids is 1. The van der Waals surface area contributed by atoms with Gasteiger partial charge in [-0.1, -0.05) is 25.5 Å². The van der Waals surface area contributed by atoms with Crippen LogP contribution in [-0.2, 0) is 4.79 Å². The minimum Gasteiger partial charge on any atom is -0.491 e. The zero-order chi connectivity index (χ0) is 10.2. The number of para-hydroxylation sites is 2. The number of hydrogen-bond acceptors (Lipinski definition) is 3. The molecule has 3 heteroatoms. The molecule has 0 aliphatic rings. The first-order valence-corrected chi connectivity index (χ1v) is 4.68. The lowest BCUT2D eigenvalue weighted by Gasteiger charge is -2.06. The Balaban J connectivity index is 2.69. The summed E-state index contributed by atoms with van der Waals surface area (Å²) in [6.07, 6.45) is 3.59. The van der Waals surface area contributed by atoms with Crippen LogP contribution in [0.5, 0.6) is 5.75 Å². The number of rotatable bonds is 5. The van der Waals surface area contributed by atoms with Crippen molar-refractivity contribution in [3.05, 3.63) is 24.3 Å². The molecule has 0 unspecified atom stereocenters. The van der Waals surface area contributed by atoms with E-state index >= 15 is 0 Å². The topological polar surface area (TPSA) is 38.7 Å². The Kier molecular flexibility index (Phi) is 4.45. The van der Waals surface area contributed by atoms with Gasteiger partial charge in [-0.2, -0.15) is 4.99 Å². The second kappa shape index (κ2) is 5.95. The van der Waals surface area contributed by atoms with Gasteiger partial charge in [0.05, 0.1) is 6.61 Å². The lowest BCUT2D eigenvalue weighted by molar-refractivity contribution is 0.310. The van der Waals surface area contributed by atoms with Gasteiger partial charge in [0, 0.05) is 0 Å². The summed E-state index contributed by atoms with van der Waals surface area (Å²) in [5.41, 5.74) is 0.540. The fourth-order valence-electron chi connectivity index (χ4n) is 1.05. The van der Waals surface area contributed by atoms with Gasteiger partial charge in [0.1, 0.15) is 11.4 Å². The monoisotopic (exact) mass is 191 g/mol. The van der Waals surface area contributed by atoms with Crippen molar-refractivity contribution in [3.63, 3.8) is 0 Å². The minimum absolute atomic E-state index is 0.540. The maximum absolute atomic E-state index is 10.1. The van der Waals surface area contributed by atoms with E-state index in [1.54, 1.807) is 12.1 Å². The predicted octanol–water partition coefficient (Wildman–Crippen LogP) is 2.83. The summed E-state index contributed by atoms with van der Waals surface area (Å²) in [6.45, 7) is 2.75. The third-order valence-corrected chi connectivity index (χ3v) is 1.79. The molecule has 0 N–H and O–H groups in total. The highest BCUT2D eigenvalue weighted by Crippen LogP contribution is 2.26. The van der Waals surface area contributed by atoms with Crippen LogP contribution in [0.2, 0.25) is 0 Å². The van der Waals surface area contributed by atoms with Gasteiger partial charge in [-0.15, -0.1) is 0 Å². The maximum atomic E-state index is 10.1. The van der Waals surface area contributed by atoms with Gasteiger partial charge in [-0.25, -0.2) is 4.79 Å². The van der Waals surface area contributed by atoms with Crippen LogP contribution in [0.4, 0.5) is 5.69 Å². The Bertz CT molecular complexity index is 330. The summed E-state index contributed by atoms with van der Waals surface area (Å²) >= 11 is 0. The van der Waals surface area contributed by atoms with Crippen molar-refractivity contribution in [3.8, 4) is 5.75 Å². The van der Waals surface area contributed by atoms with Crippen LogP contribution in [0.25, 0.3) is 0 Å². The summed E-state index contributed by atoms with van der Waals surface area (Å²) in [6, 6.07) is 7.19. The molecule has 0 spiro atoms. The lowest BCUT2D eigenvalue weighted by Crippen LogP contribution is -1.96. The highest BCUT2D eigenvalue weighted by Gasteiger charge is 1.99. The van der Waals surface area contributed by atoms with Gasteiger partial charge >= 0.3 is 0 Å². The van der Waals surface area contributed by atoms with Gasteiger partial charge < -0.3 is 4.74 Å². The van der Waals surface area contributed by atoms with Gasteiger partial charge in [0.25, 0.3) is 0 Å². The molecule has 1 aromatic rings. The number of aliphatic imine (C=N–C) groups is 1. The molecule has 74 valence electrons. The maximum Gasteiger partial charge on any atom is 0.240 e. The van der Waals surface area contributed by atoms with Crippen molar-refractivity contribution in [2.75, 3.05) is 6.61 Å². The molecule has 0 aliphatic heterocycles. The normalized spacial score (nSPS) is 9.21. The summed E-state index contributed by atoms with van der Waals surface area (Å²) in [4.78, 5) is 13.7. The molecule has 0 atom stereocenters. The molecule has 0 saturated carbocycles. The number of hydrogen-bond donors (Lipinski definition) is 0. The Morgan fingerprint density at radius 3 is 2.93 bits per heavy atom. The molecule has 1 rings (SSSR count). The van der Waals surface area contributed by atoms with Crippen LogP contribution < -0.4 is 4.74 Å². The molecule has 0 aromatic heterocycles. The van der Waals surface area contributed by atoms with Crippen LogP contribution in [0.1, 0.15) is 19.8 Å². The number of nitrogens with zero attached hydrogens (tertiary/aromatic N) is 1. The fraction of sp³-hybridized carbons (Fsp3) is 0.364. The first-order chi connectivity index (χ1) is 6.88. The smallest absolute Gasteiger partial charge is 0.240 e. The lowest BCUT2D eigenvalue weighted by atomic mass is 10.3. The second-order valence-corrected chi connectivity index (χ2v) is 2.87. The molecule has 0 fully saturated rings. The number of isocyanates is 1.